The van der Waals surface area contributed by atoms with Gasteiger partial charge in [0, 0.05) is 5.92 Å². The minimum Gasteiger partial charge on any atom is -0.497 e. The van der Waals surface area contributed by atoms with Crippen molar-refractivity contribution in [3.8, 4) is 5.75 Å². The van der Waals surface area contributed by atoms with Gasteiger partial charge in [0.2, 0.25) is 0 Å². The zero-order valence-corrected chi connectivity index (χ0v) is 14.2. The summed E-state index contributed by atoms with van der Waals surface area (Å²) in [4.78, 5) is 24.7. The van der Waals surface area contributed by atoms with Crippen molar-refractivity contribution < 1.29 is 19.1 Å². The van der Waals surface area contributed by atoms with E-state index < -0.39 is 17.8 Å². The van der Waals surface area contributed by atoms with Gasteiger partial charge in [0.25, 0.3) is 0 Å². The summed E-state index contributed by atoms with van der Waals surface area (Å²) in [6.45, 7) is 3.41. The van der Waals surface area contributed by atoms with Crippen molar-refractivity contribution in [2.45, 2.75) is 19.8 Å². The molecule has 0 aliphatic heterocycles. The van der Waals surface area contributed by atoms with Crippen LogP contribution in [0.5, 0.6) is 5.75 Å². The summed E-state index contributed by atoms with van der Waals surface area (Å²) < 4.78 is 10.3. The van der Waals surface area contributed by atoms with Gasteiger partial charge < -0.3 is 9.47 Å². The van der Waals surface area contributed by atoms with Crippen LogP contribution in [0, 0.1) is 5.92 Å². The van der Waals surface area contributed by atoms with Crippen LogP contribution in [0.3, 0.4) is 0 Å². The summed E-state index contributed by atoms with van der Waals surface area (Å²) in [5.74, 6) is -1.25. The molecule has 2 rings (SSSR count). The smallest absolute Gasteiger partial charge is 0.317 e. The number of esters is 1. The van der Waals surface area contributed by atoms with E-state index in [1.54, 1.807) is 14.0 Å². The Bertz CT molecular complexity index is 677. The third-order valence-corrected chi connectivity index (χ3v) is 3.95. The lowest BCUT2D eigenvalue weighted by atomic mass is 9.79. The molecular formula is C20H22O4. The minimum atomic E-state index is -0.874. The van der Waals surface area contributed by atoms with Gasteiger partial charge in [0.05, 0.1) is 13.7 Å². The number of ether oxygens (including phenoxy) is 2. The zero-order chi connectivity index (χ0) is 17.5. The van der Waals surface area contributed by atoms with Crippen molar-refractivity contribution in [3.63, 3.8) is 0 Å². The quantitative estimate of drug-likeness (QED) is 0.576. The van der Waals surface area contributed by atoms with Gasteiger partial charge in [-0.2, -0.15) is 0 Å². The molecule has 2 unspecified atom stereocenters. The monoisotopic (exact) mass is 326 g/mol. The average molecular weight is 326 g/mol. The van der Waals surface area contributed by atoms with Crippen molar-refractivity contribution in [2.75, 3.05) is 13.7 Å². The molecule has 0 saturated heterocycles. The van der Waals surface area contributed by atoms with E-state index in [1.807, 2.05) is 54.6 Å². The molecule has 0 radical (unpaired) electrons. The second-order valence-corrected chi connectivity index (χ2v) is 5.50. The Hall–Kier alpha value is -2.62. The van der Waals surface area contributed by atoms with Gasteiger partial charge in [0.1, 0.15) is 17.5 Å². The first-order valence-electron chi connectivity index (χ1n) is 7.94. The number of rotatable bonds is 7. The van der Waals surface area contributed by atoms with E-state index in [1.165, 1.54) is 6.92 Å². The van der Waals surface area contributed by atoms with E-state index in [0.29, 0.717) is 0 Å². The van der Waals surface area contributed by atoms with E-state index in [4.69, 9.17) is 9.47 Å². The fraction of sp³-hybridized carbons (Fsp3) is 0.300. The molecule has 0 heterocycles. The van der Waals surface area contributed by atoms with Gasteiger partial charge in [-0.1, -0.05) is 42.5 Å². The number of carbonyl (C=O) groups is 2. The molecule has 0 amide bonds. The second-order valence-electron chi connectivity index (χ2n) is 5.50. The van der Waals surface area contributed by atoms with Crippen LogP contribution in [0.25, 0.3) is 0 Å². The summed E-state index contributed by atoms with van der Waals surface area (Å²) in [6.07, 6.45) is 0. The lowest BCUT2D eigenvalue weighted by Gasteiger charge is -2.25. The first-order valence-corrected chi connectivity index (χ1v) is 7.94. The number of Topliss-reactive ketones (excluding diaryl/α,β-unsaturated/α-hetero) is 1. The first-order chi connectivity index (χ1) is 11.6. The number of ketones is 1. The molecular weight excluding hydrogens is 304 g/mol. The predicted molar refractivity (Wildman–Crippen MR) is 92.1 cm³/mol. The highest BCUT2D eigenvalue weighted by Crippen LogP contribution is 2.34. The Kier molecular flexibility index (Phi) is 6.13. The summed E-state index contributed by atoms with van der Waals surface area (Å²) in [6, 6.07) is 17.0. The molecule has 4 heteroatoms. The molecule has 0 spiro atoms. The van der Waals surface area contributed by atoms with Gasteiger partial charge in [-0.05, 0) is 37.1 Å². The topological polar surface area (TPSA) is 52.6 Å². The van der Waals surface area contributed by atoms with Crippen molar-refractivity contribution in [2.24, 2.45) is 5.92 Å². The van der Waals surface area contributed by atoms with Crippen LogP contribution < -0.4 is 4.74 Å². The third kappa shape index (κ3) is 4.02. The van der Waals surface area contributed by atoms with Crippen molar-refractivity contribution in [1.29, 1.82) is 0 Å². The fourth-order valence-electron chi connectivity index (χ4n) is 2.82. The lowest BCUT2D eigenvalue weighted by molar-refractivity contribution is -0.151. The Labute approximate surface area is 142 Å². The van der Waals surface area contributed by atoms with Gasteiger partial charge >= 0.3 is 5.97 Å². The standard InChI is InChI=1S/C20H22O4/c1-4-24-20(22)18(14(2)21)19(15-8-6-5-7-9-15)16-10-12-17(23-3)13-11-16/h5-13,18-19H,4H2,1-3H3. The van der Waals surface area contributed by atoms with Crippen molar-refractivity contribution >= 4 is 11.8 Å². The molecule has 0 N–H and O–H groups in total. The average Bonchev–Trinajstić information content (AvgIpc) is 2.60. The highest BCUT2D eigenvalue weighted by atomic mass is 16.5. The fourth-order valence-corrected chi connectivity index (χ4v) is 2.82. The maximum Gasteiger partial charge on any atom is 0.317 e. The van der Waals surface area contributed by atoms with Crippen molar-refractivity contribution in [1.82, 2.24) is 0 Å². The van der Waals surface area contributed by atoms with Gasteiger partial charge in [-0.3, -0.25) is 9.59 Å². The molecule has 0 fully saturated rings. The molecule has 126 valence electrons. The molecule has 24 heavy (non-hydrogen) atoms. The summed E-state index contributed by atoms with van der Waals surface area (Å²) >= 11 is 0. The number of hydrogen-bond donors (Lipinski definition) is 0. The Morgan fingerprint density at radius 1 is 0.958 bits per heavy atom. The number of methoxy groups -OCH3 is 1. The Morgan fingerprint density at radius 3 is 2.04 bits per heavy atom. The molecule has 2 aromatic carbocycles. The summed E-state index contributed by atoms with van der Waals surface area (Å²) in [7, 11) is 1.60. The number of hydrogen-bond acceptors (Lipinski definition) is 4. The Morgan fingerprint density at radius 2 is 1.54 bits per heavy atom. The highest BCUT2D eigenvalue weighted by Gasteiger charge is 2.35. The maximum atomic E-state index is 12.4. The minimum absolute atomic E-state index is 0.210. The molecule has 4 nitrogen and oxygen atoms in total. The summed E-state index contributed by atoms with van der Waals surface area (Å²) in [5.41, 5.74) is 1.77. The molecule has 2 atom stereocenters. The molecule has 2 aromatic rings. The number of benzene rings is 2. The first kappa shape index (κ1) is 17.7. The van der Waals surface area contributed by atoms with Crippen LogP contribution >= 0.6 is 0 Å². The van der Waals surface area contributed by atoms with Crippen molar-refractivity contribution in [3.05, 3.63) is 65.7 Å². The normalized spacial score (nSPS) is 13.0. The van der Waals surface area contributed by atoms with E-state index in [9.17, 15) is 9.59 Å². The maximum absolute atomic E-state index is 12.4. The highest BCUT2D eigenvalue weighted by molar-refractivity contribution is 5.99. The Balaban J connectivity index is 2.52. The van der Waals surface area contributed by atoms with Crippen LogP contribution in [-0.2, 0) is 14.3 Å². The molecule has 0 aromatic heterocycles. The molecule has 0 aliphatic rings. The SMILES string of the molecule is CCOC(=O)C(C(C)=O)C(c1ccccc1)c1ccc(OC)cc1. The second kappa shape index (κ2) is 8.29. The molecule has 0 saturated carbocycles. The summed E-state index contributed by atoms with van der Waals surface area (Å²) in [5, 5.41) is 0. The lowest BCUT2D eigenvalue weighted by Crippen LogP contribution is -2.31. The van der Waals surface area contributed by atoms with Crippen LogP contribution in [0.4, 0.5) is 0 Å². The number of carbonyl (C=O) groups excluding carboxylic acids is 2. The van der Waals surface area contributed by atoms with Gasteiger partial charge in [-0.15, -0.1) is 0 Å². The van der Waals surface area contributed by atoms with E-state index in [-0.39, 0.29) is 12.4 Å². The third-order valence-electron chi connectivity index (χ3n) is 3.95. The van der Waals surface area contributed by atoms with Gasteiger partial charge in [0.15, 0.2) is 0 Å². The van der Waals surface area contributed by atoms with E-state index in [2.05, 4.69) is 0 Å². The van der Waals surface area contributed by atoms with Crippen LogP contribution in [0.1, 0.15) is 30.9 Å². The van der Waals surface area contributed by atoms with E-state index in [0.717, 1.165) is 16.9 Å². The van der Waals surface area contributed by atoms with Crippen LogP contribution in [0.2, 0.25) is 0 Å². The van der Waals surface area contributed by atoms with Crippen LogP contribution in [0.15, 0.2) is 54.6 Å². The zero-order valence-electron chi connectivity index (χ0n) is 14.2. The predicted octanol–water partition coefficient (Wildman–Crippen LogP) is 3.60. The largest absolute Gasteiger partial charge is 0.497 e. The van der Waals surface area contributed by atoms with Crippen LogP contribution in [-0.4, -0.2) is 25.5 Å². The van der Waals surface area contributed by atoms with E-state index >= 15 is 0 Å². The molecule has 0 aliphatic carbocycles. The molecule has 0 bridgehead atoms. The van der Waals surface area contributed by atoms with Gasteiger partial charge in [-0.25, -0.2) is 0 Å².